The van der Waals surface area contributed by atoms with E-state index < -0.39 is 0 Å². The molecule has 3 rings (SSSR count). The van der Waals surface area contributed by atoms with Crippen LogP contribution in [-0.4, -0.2) is 30.4 Å². The summed E-state index contributed by atoms with van der Waals surface area (Å²) >= 11 is 0. The van der Waals surface area contributed by atoms with Crippen molar-refractivity contribution < 1.29 is 9.59 Å². The molecular formula is C17H24ClN3O2. The maximum absolute atomic E-state index is 12.3. The van der Waals surface area contributed by atoms with Crippen LogP contribution in [0, 0.1) is 0 Å². The third-order valence-corrected chi connectivity index (χ3v) is 4.62. The van der Waals surface area contributed by atoms with Crippen LogP contribution < -0.4 is 16.0 Å². The number of carbonyl (C=O) groups excluding carboxylic acids is 2. The number of hydrogen-bond donors (Lipinski definition) is 2. The molecular weight excluding hydrogens is 314 g/mol. The monoisotopic (exact) mass is 337 g/mol. The number of carbonyl (C=O) groups is 2. The highest BCUT2D eigenvalue weighted by Crippen LogP contribution is 2.22. The maximum Gasteiger partial charge on any atom is 0.251 e. The molecule has 0 radical (unpaired) electrons. The fourth-order valence-corrected chi connectivity index (χ4v) is 3.25. The van der Waals surface area contributed by atoms with Gasteiger partial charge in [0.05, 0.1) is 0 Å². The molecule has 1 aromatic carbocycles. The minimum absolute atomic E-state index is 0. The molecule has 0 spiro atoms. The second-order valence-electron chi connectivity index (χ2n) is 6.28. The summed E-state index contributed by atoms with van der Waals surface area (Å²) in [5.41, 5.74) is 7.40. The molecule has 1 saturated carbocycles. The summed E-state index contributed by atoms with van der Waals surface area (Å²) in [6, 6.07) is 7.82. The van der Waals surface area contributed by atoms with E-state index in [1.54, 1.807) is 17.0 Å². The van der Waals surface area contributed by atoms with E-state index in [1.807, 2.05) is 12.1 Å². The Balaban J connectivity index is 0.00000192. The van der Waals surface area contributed by atoms with Gasteiger partial charge in [-0.1, -0.05) is 0 Å². The summed E-state index contributed by atoms with van der Waals surface area (Å²) in [7, 11) is 0. The first-order chi connectivity index (χ1) is 10.6. The van der Waals surface area contributed by atoms with Gasteiger partial charge in [-0.05, 0) is 56.4 Å². The molecule has 1 heterocycles. The van der Waals surface area contributed by atoms with Gasteiger partial charge in [0, 0.05) is 36.3 Å². The molecule has 5 nitrogen and oxygen atoms in total. The number of hydrogen-bond acceptors (Lipinski definition) is 3. The maximum atomic E-state index is 12.3. The molecule has 2 amide bonds. The van der Waals surface area contributed by atoms with Crippen LogP contribution in [0.15, 0.2) is 24.3 Å². The highest BCUT2D eigenvalue weighted by Gasteiger charge is 2.23. The zero-order valence-electron chi connectivity index (χ0n) is 13.2. The lowest BCUT2D eigenvalue weighted by atomic mass is 9.91. The Labute approximate surface area is 143 Å². The quantitative estimate of drug-likeness (QED) is 0.888. The van der Waals surface area contributed by atoms with E-state index in [-0.39, 0.29) is 36.3 Å². The molecule has 23 heavy (non-hydrogen) atoms. The Kier molecular flexibility index (Phi) is 6.02. The first-order valence-corrected chi connectivity index (χ1v) is 8.10. The number of benzene rings is 1. The van der Waals surface area contributed by atoms with E-state index in [0.717, 1.165) is 44.3 Å². The van der Waals surface area contributed by atoms with Crippen molar-refractivity contribution in [2.45, 2.75) is 50.6 Å². The predicted molar refractivity (Wildman–Crippen MR) is 93.0 cm³/mol. The lowest BCUT2D eigenvalue weighted by molar-refractivity contribution is -0.117. The predicted octanol–water partition coefficient (Wildman–Crippen LogP) is 2.23. The molecule has 1 aliphatic heterocycles. The SMILES string of the molecule is Cl.NC1CCC(NC(=O)c2ccc(N3CCCC3=O)cc2)CC1. The smallest absolute Gasteiger partial charge is 0.251 e. The Bertz CT molecular complexity index is 553. The van der Waals surface area contributed by atoms with Crippen molar-refractivity contribution in [1.82, 2.24) is 5.32 Å². The molecule has 1 aliphatic carbocycles. The van der Waals surface area contributed by atoms with Crippen LogP contribution in [0.4, 0.5) is 5.69 Å². The zero-order valence-corrected chi connectivity index (χ0v) is 14.0. The summed E-state index contributed by atoms with van der Waals surface area (Å²) in [6.45, 7) is 0.771. The average molecular weight is 338 g/mol. The molecule has 0 bridgehead atoms. The van der Waals surface area contributed by atoms with Crippen LogP contribution in [0.2, 0.25) is 0 Å². The van der Waals surface area contributed by atoms with Crippen LogP contribution in [0.3, 0.4) is 0 Å². The van der Waals surface area contributed by atoms with Crippen LogP contribution in [0.1, 0.15) is 48.9 Å². The topological polar surface area (TPSA) is 75.4 Å². The van der Waals surface area contributed by atoms with Crippen LogP contribution in [0.25, 0.3) is 0 Å². The number of amides is 2. The third-order valence-electron chi connectivity index (χ3n) is 4.62. The Hall–Kier alpha value is -1.59. The summed E-state index contributed by atoms with van der Waals surface area (Å²) < 4.78 is 0. The second kappa shape index (κ2) is 7.79. The Morgan fingerprint density at radius 2 is 1.78 bits per heavy atom. The lowest BCUT2D eigenvalue weighted by Gasteiger charge is -2.26. The van der Waals surface area contributed by atoms with Gasteiger partial charge in [-0.25, -0.2) is 0 Å². The van der Waals surface area contributed by atoms with E-state index >= 15 is 0 Å². The fourth-order valence-electron chi connectivity index (χ4n) is 3.25. The Morgan fingerprint density at radius 3 is 2.35 bits per heavy atom. The molecule has 2 aliphatic rings. The number of rotatable bonds is 3. The summed E-state index contributed by atoms with van der Waals surface area (Å²) in [6.07, 6.45) is 5.37. The second-order valence-corrected chi connectivity index (χ2v) is 6.28. The standard InChI is InChI=1S/C17H23N3O2.ClH/c18-13-5-7-14(8-6-13)19-17(22)12-3-9-15(10-4-12)20-11-1-2-16(20)21;/h3-4,9-10,13-14H,1-2,5-8,11,18H2,(H,19,22);1H. The van der Waals surface area contributed by atoms with Gasteiger partial charge < -0.3 is 16.0 Å². The minimum atomic E-state index is -0.0419. The number of nitrogens with one attached hydrogen (secondary N) is 1. The van der Waals surface area contributed by atoms with Crippen molar-refractivity contribution in [2.24, 2.45) is 5.73 Å². The van der Waals surface area contributed by atoms with Gasteiger partial charge in [0.25, 0.3) is 5.91 Å². The molecule has 6 heteroatoms. The highest BCUT2D eigenvalue weighted by atomic mass is 35.5. The van der Waals surface area contributed by atoms with Gasteiger partial charge in [0.15, 0.2) is 0 Å². The molecule has 126 valence electrons. The first-order valence-electron chi connectivity index (χ1n) is 8.10. The van der Waals surface area contributed by atoms with Crippen molar-refractivity contribution in [2.75, 3.05) is 11.4 Å². The molecule has 0 atom stereocenters. The number of anilines is 1. The minimum Gasteiger partial charge on any atom is -0.349 e. The fraction of sp³-hybridized carbons (Fsp3) is 0.529. The van der Waals surface area contributed by atoms with Crippen LogP contribution >= 0.6 is 12.4 Å². The van der Waals surface area contributed by atoms with Crippen molar-refractivity contribution in [3.63, 3.8) is 0 Å². The van der Waals surface area contributed by atoms with Gasteiger partial charge in [-0.15, -0.1) is 12.4 Å². The van der Waals surface area contributed by atoms with E-state index in [4.69, 9.17) is 5.73 Å². The van der Waals surface area contributed by atoms with Crippen molar-refractivity contribution in [1.29, 1.82) is 0 Å². The molecule has 0 unspecified atom stereocenters. The summed E-state index contributed by atoms with van der Waals surface area (Å²) in [5.74, 6) is 0.121. The summed E-state index contributed by atoms with van der Waals surface area (Å²) in [5, 5.41) is 3.08. The normalized spacial score (nSPS) is 24.2. The van der Waals surface area contributed by atoms with Crippen molar-refractivity contribution >= 4 is 29.9 Å². The number of nitrogens with two attached hydrogens (primary N) is 1. The van der Waals surface area contributed by atoms with Crippen molar-refractivity contribution in [3.05, 3.63) is 29.8 Å². The van der Waals surface area contributed by atoms with Gasteiger partial charge in [-0.3, -0.25) is 9.59 Å². The third kappa shape index (κ3) is 4.24. The van der Waals surface area contributed by atoms with E-state index in [2.05, 4.69) is 5.32 Å². The van der Waals surface area contributed by atoms with E-state index in [1.165, 1.54) is 0 Å². The highest BCUT2D eigenvalue weighted by molar-refractivity contribution is 5.97. The van der Waals surface area contributed by atoms with Crippen LogP contribution in [-0.2, 0) is 4.79 Å². The molecule has 2 fully saturated rings. The van der Waals surface area contributed by atoms with Gasteiger partial charge >= 0.3 is 0 Å². The van der Waals surface area contributed by atoms with Gasteiger partial charge in [-0.2, -0.15) is 0 Å². The number of halogens is 1. The van der Waals surface area contributed by atoms with Crippen molar-refractivity contribution in [3.8, 4) is 0 Å². The lowest BCUT2D eigenvalue weighted by Crippen LogP contribution is -2.40. The zero-order chi connectivity index (χ0) is 15.5. The number of nitrogens with zero attached hydrogens (tertiary/aromatic N) is 1. The first kappa shape index (κ1) is 17.8. The summed E-state index contributed by atoms with van der Waals surface area (Å²) in [4.78, 5) is 25.8. The van der Waals surface area contributed by atoms with Gasteiger partial charge in [0.1, 0.15) is 0 Å². The van der Waals surface area contributed by atoms with E-state index in [0.29, 0.717) is 12.0 Å². The van der Waals surface area contributed by atoms with Crippen LogP contribution in [0.5, 0.6) is 0 Å². The Morgan fingerprint density at radius 1 is 1.13 bits per heavy atom. The molecule has 1 saturated heterocycles. The van der Waals surface area contributed by atoms with E-state index in [9.17, 15) is 9.59 Å². The van der Waals surface area contributed by atoms with Gasteiger partial charge in [0.2, 0.25) is 5.91 Å². The molecule has 0 aromatic heterocycles. The average Bonchev–Trinajstić information content (AvgIpc) is 2.96. The molecule has 3 N–H and O–H groups in total. The largest absolute Gasteiger partial charge is 0.349 e. The molecule has 1 aromatic rings.